The maximum atomic E-state index is 5.94. The highest BCUT2D eigenvalue weighted by atomic mass is 35.5. The van der Waals surface area contributed by atoms with Crippen molar-refractivity contribution in [3.63, 3.8) is 0 Å². The number of rotatable bonds is 1. The summed E-state index contributed by atoms with van der Waals surface area (Å²) in [5.74, 6) is 0.888. The fourth-order valence-electron chi connectivity index (χ4n) is 2.30. The quantitative estimate of drug-likeness (QED) is 0.791. The van der Waals surface area contributed by atoms with Gasteiger partial charge in [-0.25, -0.2) is 4.98 Å². The lowest BCUT2D eigenvalue weighted by atomic mass is 10.2. The Morgan fingerprint density at radius 1 is 1.12 bits per heavy atom. The Morgan fingerprint density at radius 3 is 2.65 bits per heavy atom. The normalized spacial score (nSPS) is 17.4. The van der Waals surface area contributed by atoms with E-state index in [4.69, 9.17) is 11.6 Å². The van der Waals surface area contributed by atoms with Gasteiger partial charge < -0.3 is 9.88 Å². The van der Waals surface area contributed by atoms with Crippen molar-refractivity contribution in [2.75, 3.05) is 18.0 Å². The fraction of sp³-hybridized carbons (Fsp3) is 0.545. The smallest absolute Gasteiger partial charge is 0.226 e. The molecule has 0 spiro atoms. The van der Waals surface area contributed by atoms with Crippen LogP contribution in [0.3, 0.4) is 0 Å². The van der Waals surface area contributed by atoms with Gasteiger partial charge in [-0.1, -0.05) is 12.8 Å². The third-order valence-corrected chi connectivity index (χ3v) is 3.31. The lowest BCUT2D eigenvalue weighted by molar-refractivity contribution is 0.726. The van der Waals surface area contributed by atoms with Crippen LogP contribution in [0.4, 0.5) is 5.82 Å². The third kappa shape index (κ3) is 2.07. The van der Waals surface area contributed by atoms with Crippen LogP contribution in [0.5, 0.6) is 0 Å². The molecule has 0 unspecified atom stereocenters. The summed E-state index contributed by atoms with van der Waals surface area (Å²) in [6.45, 7) is 2.06. The zero-order chi connectivity index (χ0) is 11.7. The Bertz CT molecular complexity index is 516. The number of hydrogen-bond acceptors (Lipinski definition) is 4. The fourth-order valence-corrected chi connectivity index (χ4v) is 2.46. The average molecular weight is 252 g/mol. The van der Waals surface area contributed by atoms with E-state index >= 15 is 0 Å². The molecule has 0 saturated carbocycles. The molecule has 0 atom stereocenters. The number of nitrogens with zero attached hydrogens (tertiary/aromatic N) is 4. The number of imidazole rings is 1. The molecule has 17 heavy (non-hydrogen) atoms. The highest BCUT2D eigenvalue weighted by Crippen LogP contribution is 2.24. The first-order valence-corrected chi connectivity index (χ1v) is 6.34. The van der Waals surface area contributed by atoms with Crippen molar-refractivity contribution in [1.29, 1.82) is 0 Å². The van der Waals surface area contributed by atoms with Crippen LogP contribution < -0.4 is 4.90 Å². The first kappa shape index (κ1) is 10.8. The summed E-state index contributed by atoms with van der Waals surface area (Å²) in [6.07, 6.45) is 6.63. The van der Waals surface area contributed by atoms with Crippen molar-refractivity contribution in [3.05, 3.63) is 11.6 Å². The molecule has 0 aliphatic carbocycles. The number of anilines is 1. The number of halogens is 1. The third-order valence-electron chi connectivity index (χ3n) is 3.14. The zero-order valence-corrected chi connectivity index (χ0v) is 10.2. The molecular formula is C11H14ClN5. The molecule has 1 fully saturated rings. The monoisotopic (exact) mass is 251 g/mol. The van der Waals surface area contributed by atoms with E-state index in [0.29, 0.717) is 5.65 Å². The molecule has 2 aromatic heterocycles. The molecule has 1 N–H and O–H groups in total. The topological polar surface area (TPSA) is 57.7 Å². The molecule has 1 aliphatic rings. The van der Waals surface area contributed by atoms with E-state index in [1.165, 1.54) is 25.7 Å². The first-order chi connectivity index (χ1) is 8.34. The van der Waals surface area contributed by atoms with Crippen molar-refractivity contribution in [1.82, 2.24) is 19.9 Å². The Hall–Kier alpha value is -1.36. The molecular weight excluding hydrogens is 238 g/mol. The summed E-state index contributed by atoms with van der Waals surface area (Å²) in [5.41, 5.74) is 1.53. The maximum absolute atomic E-state index is 5.94. The summed E-state index contributed by atoms with van der Waals surface area (Å²) in [5, 5.41) is 0.267. The Labute approximate surface area is 104 Å². The minimum Gasteiger partial charge on any atom is -0.355 e. The minimum absolute atomic E-state index is 0.267. The number of nitrogens with one attached hydrogen (secondary N) is 1. The lowest BCUT2D eigenvalue weighted by Gasteiger charge is -2.21. The van der Waals surface area contributed by atoms with Crippen molar-refractivity contribution < 1.29 is 0 Å². The predicted molar refractivity (Wildman–Crippen MR) is 67.4 cm³/mol. The molecule has 5 nitrogen and oxygen atoms in total. The molecule has 2 aromatic rings. The molecule has 0 aromatic carbocycles. The molecule has 0 amide bonds. The molecule has 90 valence electrons. The first-order valence-electron chi connectivity index (χ1n) is 5.96. The van der Waals surface area contributed by atoms with E-state index in [9.17, 15) is 0 Å². The molecule has 1 aliphatic heterocycles. The standard InChI is InChI=1S/C11H14ClN5/c12-11-15-9-8(13-7-14-9)10(16-11)17-5-3-1-2-4-6-17/h7H,1-6H2,(H,13,14,15,16). The number of fused-ring (bicyclic) bond motifs is 1. The van der Waals surface area contributed by atoms with E-state index in [0.717, 1.165) is 24.4 Å². The lowest BCUT2D eigenvalue weighted by Crippen LogP contribution is -2.25. The number of hydrogen-bond donors (Lipinski definition) is 1. The summed E-state index contributed by atoms with van der Waals surface area (Å²) in [4.78, 5) is 18.0. The molecule has 1 saturated heterocycles. The highest BCUT2D eigenvalue weighted by Gasteiger charge is 2.16. The second kappa shape index (κ2) is 4.49. The summed E-state index contributed by atoms with van der Waals surface area (Å²) >= 11 is 5.94. The number of aromatic nitrogens is 4. The van der Waals surface area contributed by atoms with E-state index in [2.05, 4.69) is 24.8 Å². The van der Waals surface area contributed by atoms with Crippen LogP contribution in [-0.4, -0.2) is 33.0 Å². The van der Waals surface area contributed by atoms with Gasteiger partial charge in [0.15, 0.2) is 11.5 Å². The predicted octanol–water partition coefficient (Wildman–Crippen LogP) is 2.39. The second-order valence-electron chi connectivity index (χ2n) is 4.32. The van der Waals surface area contributed by atoms with Gasteiger partial charge >= 0.3 is 0 Å². The minimum atomic E-state index is 0.267. The summed E-state index contributed by atoms with van der Waals surface area (Å²) in [6, 6.07) is 0. The van der Waals surface area contributed by atoms with E-state index in [-0.39, 0.29) is 5.28 Å². The van der Waals surface area contributed by atoms with Crippen molar-refractivity contribution in [2.45, 2.75) is 25.7 Å². The van der Waals surface area contributed by atoms with Crippen molar-refractivity contribution in [3.8, 4) is 0 Å². The van der Waals surface area contributed by atoms with E-state index < -0.39 is 0 Å². The van der Waals surface area contributed by atoms with Crippen LogP contribution in [-0.2, 0) is 0 Å². The van der Waals surface area contributed by atoms with Gasteiger partial charge in [-0.15, -0.1) is 0 Å². The van der Waals surface area contributed by atoms with Gasteiger partial charge in [-0.2, -0.15) is 9.97 Å². The van der Waals surface area contributed by atoms with E-state index in [1.807, 2.05) is 0 Å². The van der Waals surface area contributed by atoms with Gasteiger partial charge in [0, 0.05) is 13.1 Å². The molecule has 6 heteroatoms. The SMILES string of the molecule is Clc1nc(N2CCCCCC2)c2[nH]cnc2n1. The summed E-state index contributed by atoms with van der Waals surface area (Å²) < 4.78 is 0. The maximum Gasteiger partial charge on any atom is 0.226 e. The van der Waals surface area contributed by atoms with E-state index in [1.54, 1.807) is 6.33 Å². The molecule has 0 bridgehead atoms. The molecule has 0 radical (unpaired) electrons. The van der Waals surface area contributed by atoms with Crippen LogP contribution in [0, 0.1) is 0 Å². The average Bonchev–Trinajstić information content (AvgIpc) is 2.62. The molecule has 3 heterocycles. The van der Waals surface area contributed by atoms with Gasteiger partial charge in [-0.3, -0.25) is 0 Å². The highest BCUT2D eigenvalue weighted by molar-refractivity contribution is 6.28. The van der Waals surface area contributed by atoms with Gasteiger partial charge in [-0.05, 0) is 24.4 Å². The Kier molecular flexibility index (Phi) is 2.84. The Morgan fingerprint density at radius 2 is 1.88 bits per heavy atom. The number of aromatic amines is 1. The van der Waals surface area contributed by atoms with Crippen LogP contribution in [0.25, 0.3) is 11.2 Å². The number of H-pyrrole nitrogens is 1. The zero-order valence-electron chi connectivity index (χ0n) is 9.49. The van der Waals surface area contributed by atoms with Crippen LogP contribution in [0.15, 0.2) is 6.33 Å². The summed E-state index contributed by atoms with van der Waals surface area (Å²) in [7, 11) is 0. The second-order valence-corrected chi connectivity index (χ2v) is 4.66. The molecule has 3 rings (SSSR count). The largest absolute Gasteiger partial charge is 0.355 e. The van der Waals surface area contributed by atoms with Gasteiger partial charge in [0.1, 0.15) is 5.52 Å². The Balaban J connectivity index is 2.05. The van der Waals surface area contributed by atoms with Gasteiger partial charge in [0.2, 0.25) is 5.28 Å². The van der Waals surface area contributed by atoms with Gasteiger partial charge in [0.25, 0.3) is 0 Å². The van der Waals surface area contributed by atoms with Crippen molar-refractivity contribution in [2.24, 2.45) is 0 Å². The van der Waals surface area contributed by atoms with Crippen LogP contribution >= 0.6 is 11.6 Å². The van der Waals surface area contributed by atoms with Crippen molar-refractivity contribution >= 4 is 28.6 Å². The van der Waals surface area contributed by atoms with Gasteiger partial charge in [0.05, 0.1) is 6.33 Å². The van der Waals surface area contributed by atoms with Crippen LogP contribution in [0.2, 0.25) is 5.28 Å². The van der Waals surface area contributed by atoms with Crippen LogP contribution in [0.1, 0.15) is 25.7 Å².